The fourth-order valence-corrected chi connectivity index (χ4v) is 4.97. The predicted octanol–water partition coefficient (Wildman–Crippen LogP) is 5.33. The molecule has 0 spiro atoms. The number of thiophene rings is 1. The number of anilines is 3. The molecular weight excluding hydrogens is 418 g/mol. The predicted molar refractivity (Wildman–Crippen MR) is 132 cm³/mol. The second-order valence-corrected chi connectivity index (χ2v) is 8.79. The monoisotopic (exact) mass is 443 g/mol. The third-order valence-electron chi connectivity index (χ3n) is 5.79. The Hall–Kier alpha value is -3.45. The molecule has 2 aromatic heterocycles. The lowest BCUT2D eigenvalue weighted by Crippen LogP contribution is -2.22. The van der Waals surface area contributed by atoms with Gasteiger partial charge in [-0.05, 0) is 47.0 Å². The Morgan fingerprint density at radius 2 is 1.94 bits per heavy atom. The lowest BCUT2D eigenvalue weighted by atomic mass is 10.1. The second-order valence-electron chi connectivity index (χ2n) is 8.04. The lowest BCUT2D eigenvalue weighted by molar-refractivity contribution is 0.102. The molecule has 0 radical (unpaired) electrons. The number of aryl methyl sites for hydroxylation is 1. The van der Waals surface area contributed by atoms with Gasteiger partial charge in [0.2, 0.25) is 5.95 Å². The number of rotatable bonds is 5. The van der Waals surface area contributed by atoms with E-state index in [9.17, 15) is 4.79 Å². The van der Waals surface area contributed by atoms with Gasteiger partial charge in [-0.25, -0.2) is 4.98 Å². The Bertz CT molecular complexity index is 1250. The molecule has 6 nitrogen and oxygen atoms in total. The highest BCUT2D eigenvalue weighted by molar-refractivity contribution is 7.09. The van der Waals surface area contributed by atoms with Crippen molar-refractivity contribution in [3.63, 3.8) is 0 Å². The molecule has 0 saturated heterocycles. The SMILES string of the molecule is CN1CCCCc2nc(NC(=O)c3cccc4cscc34)nc(NCc3ccccc3)c21. The van der Waals surface area contributed by atoms with Crippen molar-refractivity contribution in [3.8, 4) is 0 Å². The first kappa shape index (κ1) is 20.5. The van der Waals surface area contributed by atoms with Crippen LogP contribution < -0.4 is 15.5 Å². The average molecular weight is 444 g/mol. The smallest absolute Gasteiger partial charge is 0.258 e. The van der Waals surface area contributed by atoms with Crippen molar-refractivity contribution in [1.29, 1.82) is 0 Å². The van der Waals surface area contributed by atoms with Crippen LogP contribution in [0.1, 0.15) is 34.5 Å². The van der Waals surface area contributed by atoms with Crippen molar-refractivity contribution in [2.24, 2.45) is 0 Å². The van der Waals surface area contributed by atoms with Gasteiger partial charge in [0.25, 0.3) is 5.91 Å². The van der Waals surface area contributed by atoms with Crippen LogP contribution >= 0.6 is 11.3 Å². The normalized spacial score (nSPS) is 13.5. The first-order chi connectivity index (χ1) is 15.7. The molecule has 162 valence electrons. The molecule has 0 saturated carbocycles. The van der Waals surface area contributed by atoms with Crippen LogP contribution in [0.25, 0.3) is 10.8 Å². The molecule has 0 unspecified atom stereocenters. The summed E-state index contributed by atoms with van der Waals surface area (Å²) in [6.07, 6.45) is 3.03. The topological polar surface area (TPSA) is 70.2 Å². The minimum Gasteiger partial charge on any atom is -0.370 e. The van der Waals surface area contributed by atoms with E-state index in [1.54, 1.807) is 11.3 Å². The van der Waals surface area contributed by atoms with Crippen LogP contribution in [0.4, 0.5) is 17.5 Å². The number of carbonyl (C=O) groups excluding carboxylic acids is 1. The van der Waals surface area contributed by atoms with Gasteiger partial charge in [-0.3, -0.25) is 10.1 Å². The molecule has 4 aromatic rings. The van der Waals surface area contributed by atoms with Crippen LogP contribution in [-0.2, 0) is 13.0 Å². The van der Waals surface area contributed by atoms with Gasteiger partial charge in [0, 0.05) is 31.1 Å². The molecule has 7 heteroatoms. The summed E-state index contributed by atoms with van der Waals surface area (Å²) in [5.74, 6) is 0.907. The van der Waals surface area contributed by atoms with Gasteiger partial charge in [0.05, 0.1) is 5.69 Å². The Kier molecular flexibility index (Phi) is 5.73. The van der Waals surface area contributed by atoms with Gasteiger partial charge >= 0.3 is 0 Å². The number of amides is 1. The molecule has 0 fully saturated rings. The Labute approximate surface area is 191 Å². The first-order valence-electron chi connectivity index (χ1n) is 10.8. The van der Waals surface area contributed by atoms with Crippen LogP contribution in [0.5, 0.6) is 0 Å². The minimum atomic E-state index is -0.190. The zero-order valence-electron chi connectivity index (χ0n) is 18.0. The summed E-state index contributed by atoms with van der Waals surface area (Å²) in [4.78, 5) is 24.8. The molecular formula is C25H25N5OS. The molecule has 0 aliphatic carbocycles. The summed E-state index contributed by atoms with van der Waals surface area (Å²) in [6, 6.07) is 16.0. The van der Waals surface area contributed by atoms with E-state index in [0.717, 1.165) is 53.8 Å². The summed E-state index contributed by atoms with van der Waals surface area (Å²) in [6.45, 7) is 1.61. The van der Waals surface area contributed by atoms with Gasteiger partial charge in [0.15, 0.2) is 5.82 Å². The molecule has 1 amide bonds. The summed E-state index contributed by atoms with van der Waals surface area (Å²) < 4.78 is 0. The average Bonchev–Trinajstić information content (AvgIpc) is 3.22. The van der Waals surface area contributed by atoms with Crippen molar-refractivity contribution in [3.05, 3.63) is 76.1 Å². The molecule has 32 heavy (non-hydrogen) atoms. The fraction of sp³-hybridized carbons (Fsp3) is 0.240. The highest BCUT2D eigenvalue weighted by atomic mass is 32.1. The van der Waals surface area contributed by atoms with Gasteiger partial charge in [-0.15, -0.1) is 0 Å². The zero-order chi connectivity index (χ0) is 21.9. The van der Waals surface area contributed by atoms with E-state index in [1.165, 1.54) is 5.56 Å². The first-order valence-corrected chi connectivity index (χ1v) is 11.8. The quantitative estimate of drug-likeness (QED) is 0.436. The number of nitrogens with zero attached hydrogens (tertiary/aromatic N) is 3. The maximum absolute atomic E-state index is 13.1. The number of carbonyl (C=O) groups is 1. The molecule has 5 rings (SSSR count). The van der Waals surface area contributed by atoms with E-state index in [4.69, 9.17) is 9.97 Å². The highest BCUT2D eigenvalue weighted by Gasteiger charge is 2.22. The lowest BCUT2D eigenvalue weighted by Gasteiger charge is -2.23. The molecule has 0 bridgehead atoms. The van der Waals surface area contributed by atoms with Crippen LogP contribution in [0.3, 0.4) is 0 Å². The van der Waals surface area contributed by atoms with E-state index in [1.807, 2.05) is 47.2 Å². The van der Waals surface area contributed by atoms with Crippen LogP contribution in [0, 0.1) is 0 Å². The highest BCUT2D eigenvalue weighted by Crippen LogP contribution is 2.32. The van der Waals surface area contributed by atoms with Gasteiger partial charge in [0.1, 0.15) is 5.69 Å². The van der Waals surface area contributed by atoms with E-state index in [-0.39, 0.29) is 5.91 Å². The second kappa shape index (κ2) is 8.96. The summed E-state index contributed by atoms with van der Waals surface area (Å²) in [5, 5.41) is 12.5. The van der Waals surface area contributed by atoms with E-state index in [2.05, 4.69) is 34.7 Å². The summed E-state index contributed by atoms with van der Waals surface area (Å²) in [7, 11) is 2.08. The van der Waals surface area contributed by atoms with E-state index >= 15 is 0 Å². The third-order valence-corrected chi connectivity index (χ3v) is 6.55. The Morgan fingerprint density at radius 3 is 2.81 bits per heavy atom. The van der Waals surface area contributed by atoms with Crippen LogP contribution in [-0.4, -0.2) is 29.5 Å². The van der Waals surface area contributed by atoms with E-state index in [0.29, 0.717) is 18.1 Å². The molecule has 2 N–H and O–H groups in total. The Morgan fingerprint density at radius 1 is 1.06 bits per heavy atom. The van der Waals surface area contributed by atoms with Crippen molar-refractivity contribution in [2.45, 2.75) is 25.8 Å². The number of fused-ring (bicyclic) bond motifs is 2. The van der Waals surface area contributed by atoms with Crippen molar-refractivity contribution in [1.82, 2.24) is 9.97 Å². The third kappa shape index (κ3) is 4.16. The van der Waals surface area contributed by atoms with E-state index < -0.39 is 0 Å². The zero-order valence-corrected chi connectivity index (χ0v) is 18.8. The van der Waals surface area contributed by atoms with Crippen molar-refractivity contribution in [2.75, 3.05) is 29.1 Å². The maximum atomic E-state index is 13.1. The largest absolute Gasteiger partial charge is 0.370 e. The fourth-order valence-electron chi connectivity index (χ4n) is 4.15. The van der Waals surface area contributed by atoms with Crippen molar-refractivity contribution < 1.29 is 4.79 Å². The standard InChI is InChI=1S/C25H25N5OS/c1-30-13-6-5-12-21-22(30)23(26-14-17-8-3-2-4-9-17)28-25(27-21)29-24(31)19-11-7-10-18-15-32-16-20(18)19/h2-4,7-11,15-16H,5-6,12-14H2,1H3,(H2,26,27,28,29,31). The number of aromatic nitrogens is 2. The number of hydrogen-bond donors (Lipinski definition) is 2. The van der Waals surface area contributed by atoms with Gasteiger partial charge < -0.3 is 10.2 Å². The molecule has 0 atom stereocenters. The molecule has 3 heterocycles. The van der Waals surface area contributed by atoms with Crippen LogP contribution in [0.2, 0.25) is 0 Å². The molecule has 1 aliphatic rings. The van der Waals surface area contributed by atoms with Crippen LogP contribution in [0.15, 0.2) is 59.3 Å². The number of hydrogen-bond acceptors (Lipinski definition) is 6. The molecule has 1 aliphatic heterocycles. The Balaban J connectivity index is 1.47. The summed E-state index contributed by atoms with van der Waals surface area (Å²) >= 11 is 1.59. The summed E-state index contributed by atoms with van der Waals surface area (Å²) in [5.41, 5.74) is 3.81. The maximum Gasteiger partial charge on any atom is 0.258 e. The number of nitrogens with one attached hydrogen (secondary N) is 2. The van der Waals surface area contributed by atoms with Gasteiger partial charge in [-0.1, -0.05) is 42.5 Å². The number of benzene rings is 2. The van der Waals surface area contributed by atoms with Crippen molar-refractivity contribution >= 4 is 45.5 Å². The van der Waals surface area contributed by atoms with Gasteiger partial charge in [-0.2, -0.15) is 16.3 Å². The molecule has 2 aromatic carbocycles. The minimum absolute atomic E-state index is 0.190.